The molecule has 4 aromatic rings. The summed E-state index contributed by atoms with van der Waals surface area (Å²) >= 11 is 0. The monoisotopic (exact) mass is 522 g/mol. The fourth-order valence-corrected chi connectivity index (χ4v) is 5.01. The minimum atomic E-state index is -0.302. The molecule has 0 amide bonds. The Hall–Kier alpha value is -3.90. The molecule has 0 saturated heterocycles. The smallest absolute Gasteiger partial charge is 0.276 e. The van der Waals surface area contributed by atoms with Crippen molar-refractivity contribution in [3.8, 4) is 23.0 Å². The van der Waals surface area contributed by atoms with E-state index < -0.39 is 0 Å². The molecule has 0 radical (unpaired) electrons. The summed E-state index contributed by atoms with van der Waals surface area (Å²) in [7, 11) is 1.84. The van der Waals surface area contributed by atoms with E-state index in [1.807, 2.05) is 46.0 Å². The average Bonchev–Trinajstić information content (AvgIpc) is 3.51. The van der Waals surface area contributed by atoms with Gasteiger partial charge in [0.2, 0.25) is 11.8 Å². The third-order valence-corrected chi connectivity index (χ3v) is 6.75. The molecule has 5 rings (SSSR count). The molecule has 0 aromatic carbocycles. The second-order valence-electron chi connectivity index (χ2n) is 9.44. The summed E-state index contributed by atoms with van der Waals surface area (Å²) in [5, 5.41) is 26.9. The Morgan fingerprint density at radius 2 is 2.08 bits per heavy atom. The summed E-state index contributed by atoms with van der Waals surface area (Å²) in [5.41, 5.74) is 4.53. The topological polar surface area (TPSA) is 139 Å². The van der Waals surface area contributed by atoms with Gasteiger partial charge < -0.3 is 19.6 Å². The number of pyridine rings is 1. The Morgan fingerprint density at radius 1 is 1.26 bits per heavy atom. The fourth-order valence-electron chi connectivity index (χ4n) is 5.01. The van der Waals surface area contributed by atoms with Gasteiger partial charge in [0.1, 0.15) is 6.10 Å². The molecule has 3 N–H and O–H groups in total. The second-order valence-corrected chi connectivity index (χ2v) is 9.44. The number of likely N-dealkylation sites (N-methyl/N-ethyl adjacent to an activating group) is 1. The Morgan fingerprint density at radius 3 is 2.82 bits per heavy atom. The van der Waals surface area contributed by atoms with Crippen molar-refractivity contribution in [1.29, 1.82) is 0 Å². The fraction of sp³-hybridized carbons (Fsp3) is 0.462. The first-order valence-corrected chi connectivity index (χ1v) is 12.9. The van der Waals surface area contributed by atoms with Crippen LogP contribution in [-0.2, 0) is 20.1 Å². The lowest BCUT2D eigenvalue weighted by Crippen LogP contribution is -2.34. The lowest BCUT2D eigenvalue weighted by Gasteiger charge is -2.25. The number of aliphatic hydroxyl groups excluding tert-OH is 1. The van der Waals surface area contributed by atoms with Crippen molar-refractivity contribution in [3.63, 3.8) is 0 Å². The number of aromatic amines is 2. The summed E-state index contributed by atoms with van der Waals surface area (Å²) < 4.78 is 15.9. The molecule has 0 fully saturated rings. The Labute approximate surface area is 219 Å². The first-order valence-electron chi connectivity index (χ1n) is 12.9. The molecular formula is C26H34N8O4. The van der Waals surface area contributed by atoms with E-state index in [9.17, 15) is 9.90 Å². The number of hydrogen-bond donors (Lipinski definition) is 3. The van der Waals surface area contributed by atoms with Crippen LogP contribution in [0, 0.1) is 6.92 Å². The molecule has 2 bridgehead atoms. The van der Waals surface area contributed by atoms with Gasteiger partial charge in [0, 0.05) is 25.5 Å². The van der Waals surface area contributed by atoms with Gasteiger partial charge in [-0.1, -0.05) is 6.92 Å². The SMILES string of the molecule is CCOc1nn(CCO)c2c1/C=C/c1[nH]nc3c(=O)[nH]c(cc13)-c1c(C)nn(C)c1OC(C)CN(CC)C2. The molecule has 12 heteroatoms. The maximum atomic E-state index is 13.0. The highest BCUT2D eigenvalue weighted by molar-refractivity contribution is 5.92. The van der Waals surface area contributed by atoms with Crippen LogP contribution < -0.4 is 15.0 Å². The molecular weight excluding hydrogens is 488 g/mol. The molecule has 202 valence electrons. The minimum Gasteiger partial charge on any atom is -0.476 e. The van der Waals surface area contributed by atoms with Crippen LogP contribution in [0.2, 0.25) is 0 Å². The highest BCUT2D eigenvalue weighted by Gasteiger charge is 2.25. The van der Waals surface area contributed by atoms with E-state index in [1.165, 1.54) is 0 Å². The number of aliphatic hydroxyl groups is 1. The molecule has 1 aliphatic rings. The summed E-state index contributed by atoms with van der Waals surface area (Å²) in [6, 6.07) is 1.90. The van der Waals surface area contributed by atoms with Crippen LogP contribution in [0.4, 0.5) is 0 Å². The van der Waals surface area contributed by atoms with Crippen LogP contribution in [0.3, 0.4) is 0 Å². The molecule has 12 nitrogen and oxygen atoms in total. The van der Waals surface area contributed by atoms with E-state index in [2.05, 4.69) is 37.2 Å². The third-order valence-electron chi connectivity index (χ3n) is 6.75. The van der Waals surface area contributed by atoms with Crippen LogP contribution in [0.25, 0.3) is 34.3 Å². The predicted octanol–water partition coefficient (Wildman–Crippen LogP) is 2.32. The highest BCUT2D eigenvalue weighted by atomic mass is 16.5. The van der Waals surface area contributed by atoms with E-state index in [0.29, 0.717) is 60.3 Å². The van der Waals surface area contributed by atoms with Crippen molar-refractivity contribution < 1.29 is 14.6 Å². The van der Waals surface area contributed by atoms with Gasteiger partial charge in [-0.15, -0.1) is 5.10 Å². The van der Waals surface area contributed by atoms with Crippen molar-refractivity contribution in [1.82, 2.24) is 39.6 Å². The molecule has 1 aliphatic heterocycles. The predicted molar refractivity (Wildman–Crippen MR) is 144 cm³/mol. The number of nitrogens with zero attached hydrogens (tertiary/aromatic N) is 6. The third kappa shape index (κ3) is 4.61. The summed E-state index contributed by atoms with van der Waals surface area (Å²) in [6.45, 7) is 10.7. The number of ether oxygens (including phenoxy) is 2. The number of aromatic nitrogens is 7. The Bertz CT molecular complexity index is 1540. The zero-order chi connectivity index (χ0) is 27.0. The van der Waals surface area contributed by atoms with Gasteiger partial charge in [-0.05, 0) is 45.5 Å². The van der Waals surface area contributed by atoms with Crippen LogP contribution in [-0.4, -0.2) is 77.2 Å². The van der Waals surface area contributed by atoms with Gasteiger partial charge in [-0.3, -0.25) is 19.5 Å². The molecule has 0 aliphatic carbocycles. The standard InChI is InChI=1S/C26H34N8O4/c1-6-33-13-15(3)38-26-22(16(4)30-32(26)5)20-12-18-19(28-29-23(18)24(36)27-20)9-8-17-21(14-33)34(10-11-35)31-25(17)37-7-2/h8-9,12,15,35H,6-7,10-11,13-14H2,1-5H3,(H,27,36)(H,28,29)/b9-8+. The summed E-state index contributed by atoms with van der Waals surface area (Å²) in [5.74, 6) is 1.08. The zero-order valence-electron chi connectivity index (χ0n) is 22.4. The zero-order valence-corrected chi connectivity index (χ0v) is 22.4. The van der Waals surface area contributed by atoms with Crippen molar-refractivity contribution in [3.05, 3.63) is 39.1 Å². The molecule has 38 heavy (non-hydrogen) atoms. The van der Waals surface area contributed by atoms with Crippen molar-refractivity contribution in [2.75, 3.05) is 26.3 Å². The number of nitrogens with one attached hydrogen (secondary N) is 2. The van der Waals surface area contributed by atoms with Crippen LogP contribution in [0.15, 0.2) is 10.9 Å². The van der Waals surface area contributed by atoms with E-state index in [1.54, 1.807) is 9.36 Å². The van der Waals surface area contributed by atoms with Gasteiger partial charge in [0.25, 0.3) is 5.56 Å². The van der Waals surface area contributed by atoms with Crippen molar-refractivity contribution in [2.45, 2.75) is 46.9 Å². The molecule has 0 saturated carbocycles. The largest absolute Gasteiger partial charge is 0.476 e. The maximum Gasteiger partial charge on any atom is 0.276 e. The number of fused-ring (bicyclic) bond motifs is 4. The quantitative estimate of drug-likeness (QED) is 0.363. The Balaban J connectivity index is 1.75. The van der Waals surface area contributed by atoms with Crippen LogP contribution in [0.5, 0.6) is 11.8 Å². The first-order chi connectivity index (χ1) is 18.3. The van der Waals surface area contributed by atoms with E-state index in [-0.39, 0.29) is 18.3 Å². The number of aryl methyl sites for hydroxylation is 2. The van der Waals surface area contributed by atoms with E-state index in [0.717, 1.165) is 29.1 Å². The number of H-pyrrole nitrogens is 2. The van der Waals surface area contributed by atoms with Gasteiger partial charge in [-0.2, -0.15) is 10.2 Å². The minimum absolute atomic E-state index is 0.0472. The number of rotatable bonds is 5. The van der Waals surface area contributed by atoms with E-state index in [4.69, 9.17) is 9.47 Å². The molecule has 1 atom stereocenters. The highest BCUT2D eigenvalue weighted by Crippen LogP contribution is 2.34. The molecule has 5 heterocycles. The molecule has 4 aromatic heterocycles. The molecule has 0 spiro atoms. The van der Waals surface area contributed by atoms with Gasteiger partial charge in [0.05, 0.1) is 53.7 Å². The van der Waals surface area contributed by atoms with Crippen LogP contribution >= 0.6 is 0 Å². The number of hydrogen-bond acceptors (Lipinski definition) is 8. The lowest BCUT2D eigenvalue weighted by molar-refractivity contribution is 0.133. The van der Waals surface area contributed by atoms with Crippen LogP contribution in [0.1, 0.15) is 43.4 Å². The van der Waals surface area contributed by atoms with Gasteiger partial charge in [-0.25, -0.2) is 4.68 Å². The van der Waals surface area contributed by atoms with Crippen molar-refractivity contribution >= 4 is 23.1 Å². The Kier molecular flexibility index (Phi) is 7.09. The van der Waals surface area contributed by atoms with Gasteiger partial charge in [0.15, 0.2) is 5.52 Å². The second kappa shape index (κ2) is 10.5. The average molecular weight is 523 g/mol. The maximum absolute atomic E-state index is 13.0. The first kappa shape index (κ1) is 25.7. The van der Waals surface area contributed by atoms with E-state index >= 15 is 0 Å². The summed E-state index contributed by atoms with van der Waals surface area (Å²) in [4.78, 5) is 18.3. The van der Waals surface area contributed by atoms with Gasteiger partial charge >= 0.3 is 0 Å². The molecule has 1 unspecified atom stereocenters. The summed E-state index contributed by atoms with van der Waals surface area (Å²) in [6.07, 6.45) is 3.63. The lowest BCUT2D eigenvalue weighted by atomic mass is 10.1. The normalized spacial score (nSPS) is 17.1. The van der Waals surface area contributed by atoms with Crippen molar-refractivity contribution in [2.24, 2.45) is 7.05 Å².